The van der Waals surface area contributed by atoms with Gasteiger partial charge in [0.15, 0.2) is 0 Å². The highest BCUT2D eigenvalue weighted by molar-refractivity contribution is 7.89. The summed E-state index contributed by atoms with van der Waals surface area (Å²) in [6.45, 7) is 0.547. The molecule has 2 aromatic heterocycles. The molecule has 0 bridgehead atoms. The van der Waals surface area contributed by atoms with Crippen LogP contribution >= 0.6 is 11.3 Å². The van der Waals surface area contributed by atoms with E-state index in [0.29, 0.717) is 13.1 Å². The predicted molar refractivity (Wildman–Crippen MR) is 70.2 cm³/mol. The molecular weight excluding hydrogens is 286 g/mol. The van der Waals surface area contributed by atoms with Gasteiger partial charge in [-0.25, -0.2) is 8.42 Å². The third-order valence-electron chi connectivity index (χ3n) is 3.16. The van der Waals surface area contributed by atoms with Gasteiger partial charge < -0.3 is 9.52 Å². The first-order valence-corrected chi connectivity index (χ1v) is 8.18. The molecule has 0 saturated carbocycles. The summed E-state index contributed by atoms with van der Waals surface area (Å²) in [5.74, 6) is 0.256. The van der Waals surface area contributed by atoms with Crippen LogP contribution in [0.5, 0.6) is 0 Å². The van der Waals surface area contributed by atoms with Crippen molar-refractivity contribution in [3.8, 4) is 0 Å². The lowest BCUT2D eigenvalue weighted by Crippen LogP contribution is -2.35. The molecule has 2 aromatic rings. The molecule has 0 amide bonds. The first-order valence-electron chi connectivity index (χ1n) is 5.86. The lowest BCUT2D eigenvalue weighted by atomic mass is 10.1. The van der Waals surface area contributed by atoms with Crippen LogP contribution in [0.4, 0.5) is 0 Å². The zero-order valence-electron chi connectivity index (χ0n) is 10.1. The number of hydrogen-bond acceptors (Lipinski definition) is 5. The van der Waals surface area contributed by atoms with Crippen molar-refractivity contribution in [3.63, 3.8) is 0 Å². The van der Waals surface area contributed by atoms with Gasteiger partial charge in [-0.2, -0.15) is 4.31 Å². The van der Waals surface area contributed by atoms with Crippen molar-refractivity contribution in [2.45, 2.75) is 24.7 Å². The van der Waals surface area contributed by atoms with E-state index >= 15 is 0 Å². The van der Waals surface area contributed by atoms with Crippen LogP contribution < -0.4 is 0 Å². The average molecular weight is 299 g/mol. The summed E-state index contributed by atoms with van der Waals surface area (Å²) >= 11 is 1.66. The number of aliphatic hydroxyl groups excluding tert-OH is 1. The third kappa shape index (κ3) is 2.23. The highest BCUT2D eigenvalue weighted by atomic mass is 32.2. The second kappa shape index (κ2) is 4.75. The fourth-order valence-electron chi connectivity index (χ4n) is 2.14. The molecule has 1 aliphatic heterocycles. The fraction of sp³-hybridized carbons (Fsp3) is 0.333. The summed E-state index contributed by atoms with van der Waals surface area (Å²) in [6.07, 6.45) is 0.736. The maximum absolute atomic E-state index is 12.4. The standard InChI is InChI=1S/C12H13NO4S2/c14-8-10-1-2-12(17-10)19(15,16)13-5-3-11-9(7-13)4-6-18-11/h1-2,4,6,14H,3,5,7-8H2. The molecule has 3 heterocycles. The molecular formula is C12H13NO4S2. The van der Waals surface area contributed by atoms with Crippen LogP contribution in [-0.4, -0.2) is 24.4 Å². The molecule has 3 rings (SSSR count). The van der Waals surface area contributed by atoms with Crippen LogP contribution in [0.25, 0.3) is 0 Å². The van der Waals surface area contributed by atoms with E-state index in [1.54, 1.807) is 11.3 Å². The molecule has 0 fully saturated rings. The molecule has 0 saturated heterocycles. The van der Waals surface area contributed by atoms with Gasteiger partial charge in [0, 0.05) is 18.0 Å². The molecule has 0 aromatic carbocycles. The van der Waals surface area contributed by atoms with E-state index in [4.69, 9.17) is 9.52 Å². The summed E-state index contributed by atoms with van der Waals surface area (Å²) < 4.78 is 31.4. The molecule has 7 heteroatoms. The number of hydrogen-bond donors (Lipinski definition) is 1. The number of aliphatic hydroxyl groups is 1. The first-order chi connectivity index (χ1) is 9.11. The van der Waals surface area contributed by atoms with Crippen LogP contribution in [0.15, 0.2) is 33.1 Å². The molecule has 1 N–H and O–H groups in total. The van der Waals surface area contributed by atoms with Gasteiger partial charge in [0.2, 0.25) is 5.09 Å². The Morgan fingerprint density at radius 3 is 2.95 bits per heavy atom. The number of furan rings is 1. The summed E-state index contributed by atoms with van der Waals surface area (Å²) in [7, 11) is -3.61. The minimum absolute atomic E-state index is 0.102. The lowest BCUT2D eigenvalue weighted by molar-refractivity contribution is 0.234. The van der Waals surface area contributed by atoms with Crippen molar-refractivity contribution < 1.29 is 17.9 Å². The van der Waals surface area contributed by atoms with Gasteiger partial charge in [-0.1, -0.05) is 0 Å². The first kappa shape index (κ1) is 12.9. The van der Waals surface area contributed by atoms with Crippen molar-refractivity contribution >= 4 is 21.4 Å². The minimum atomic E-state index is -3.61. The molecule has 0 unspecified atom stereocenters. The predicted octanol–water partition coefficient (Wildman–Crippen LogP) is 1.58. The van der Waals surface area contributed by atoms with Crippen LogP contribution in [0.3, 0.4) is 0 Å². The molecule has 0 aliphatic carbocycles. The zero-order valence-corrected chi connectivity index (χ0v) is 11.7. The van der Waals surface area contributed by atoms with Gasteiger partial charge in [0.1, 0.15) is 12.4 Å². The summed E-state index contributed by atoms with van der Waals surface area (Å²) in [4.78, 5) is 1.25. The van der Waals surface area contributed by atoms with E-state index in [-0.39, 0.29) is 17.5 Å². The molecule has 0 radical (unpaired) electrons. The van der Waals surface area contributed by atoms with E-state index in [2.05, 4.69) is 0 Å². The quantitative estimate of drug-likeness (QED) is 0.934. The van der Waals surface area contributed by atoms with Crippen molar-refractivity contribution in [1.29, 1.82) is 0 Å². The Labute approximate surface area is 115 Å². The second-order valence-corrected chi connectivity index (χ2v) is 7.21. The van der Waals surface area contributed by atoms with E-state index in [1.165, 1.54) is 21.3 Å². The topological polar surface area (TPSA) is 70.8 Å². The SMILES string of the molecule is O=S(=O)(c1ccc(CO)o1)N1CCc2sccc2C1. The van der Waals surface area contributed by atoms with Crippen molar-refractivity contribution in [3.05, 3.63) is 39.8 Å². The number of nitrogens with zero attached hydrogens (tertiary/aromatic N) is 1. The van der Waals surface area contributed by atoms with E-state index in [1.807, 2.05) is 11.4 Å². The molecule has 19 heavy (non-hydrogen) atoms. The number of sulfonamides is 1. The van der Waals surface area contributed by atoms with Gasteiger partial charge in [-0.05, 0) is 35.6 Å². The Kier molecular flexibility index (Phi) is 3.22. The monoisotopic (exact) mass is 299 g/mol. The summed E-state index contributed by atoms with van der Waals surface area (Å²) in [5.41, 5.74) is 1.06. The highest BCUT2D eigenvalue weighted by Gasteiger charge is 2.31. The molecule has 1 aliphatic rings. The van der Waals surface area contributed by atoms with Crippen molar-refractivity contribution in [2.24, 2.45) is 0 Å². The fourth-order valence-corrected chi connectivity index (χ4v) is 4.37. The third-order valence-corrected chi connectivity index (χ3v) is 5.90. The Morgan fingerprint density at radius 2 is 2.21 bits per heavy atom. The molecule has 102 valence electrons. The largest absolute Gasteiger partial charge is 0.446 e. The Morgan fingerprint density at radius 1 is 1.37 bits per heavy atom. The van der Waals surface area contributed by atoms with Gasteiger partial charge >= 0.3 is 0 Å². The van der Waals surface area contributed by atoms with Gasteiger partial charge in [0.05, 0.1) is 0 Å². The van der Waals surface area contributed by atoms with Crippen LogP contribution in [0, 0.1) is 0 Å². The van der Waals surface area contributed by atoms with Crippen molar-refractivity contribution in [2.75, 3.05) is 6.54 Å². The molecule has 0 atom stereocenters. The minimum Gasteiger partial charge on any atom is -0.446 e. The lowest BCUT2D eigenvalue weighted by Gasteiger charge is -2.25. The Hall–Kier alpha value is -1.15. The summed E-state index contributed by atoms with van der Waals surface area (Å²) in [5, 5.41) is 10.8. The van der Waals surface area contributed by atoms with E-state index < -0.39 is 10.0 Å². The highest BCUT2D eigenvalue weighted by Crippen LogP contribution is 2.28. The normalized spacial score (nSPS) is 16.5. The maximum atomic E-state index is 12.4. The summed E-state index contributed by atoms with van der Waals surface area (Å²) in [6, 6.07) is 4.83. The number of rotatable bonds is 3. The van der Waals surface area contributed by atoms with Crippen LogP contribution in [0.2, 0.25) is 0 Å². The maximum Gasteiger partial charge on any atom is 0.276 e. The molecule has 0 spiro atoms. The Balaban J connectivity index is 1.89. The molecule has 5 nitrogen and oxygen atoms in total. The van der Waals surface area contributed by atoms with Crippen LogP contribution in [-0.2, 0) is 29.6 Å². The number of thiophene rings is 1. The second-order valence-electron chi connectivity index (χ2n) is 4.34. The zero-order chi connectivity index (χ0) is 13.5. The Bertz CT molecular complexity index is 686. The van der Waals surface area contributed by atoms with Gasteiger partial charge in [0.25, 0.3) is 10.0 Å². The number of fused-ring (bicyclic) bond motifs is 1. The van der Waals surface area contributed by atoms with Gasteiger partial charge in [-0.15, -0.1) is 11.3 Å². The van der Waals surface area contributed by atoms with Crippen LogP contribution in [0.1, 0.15) is 16.2 Å². The van der Waals surface area contributed by atoms with E-state index in [0.717, 1.165) is 12.0 Å². The van der Waals surface area contributed by atoms with Gasteiger partial charge in [-0.3, -0.25) is 0 Å². The smallest absolute Gasteiger partial charge is 0.276 e. The average Bonchev–Trinajstić information content (AvgIpc) is 3.06. The van der Waals surface area contributed by atoms with E-state index in [9.17, 15) is 8.42 Å². The van der Waals surface area contributed by atoms with Crippen molar-refractivity contribution in [1.82, 2.24) is 4.31 Å².